The normalized spacial score (nSPS) is 10.4. The molecular weight excluding hydrogens is 342 g/mol. The van der Waals surface area contributed by atoms with E-state index in [0.29, 0.717) is 6.42 Å². The average Bonchev–Trinajstić information content (AvgIpc) is 2.96. The van der Waals surface area contributed by atoms with Crippen LogP contribution in [0.1, 0.15) is 5.56 Å². The summed E-state index contributed by atoms with van der Waals surface area (Å²) in [5.74, 6) is -0.0642. The number of benzene rings is 2. The van der Waals surface area contributed by atoms with Crippen molar-refractivity contribution in [3.63, 3.8) is 0 Å². The van der Waals surface area contributed by atoms with Gasteiger partial charge in [0.2, 0.25) is 5.91 Å². The van der Waals surface area contributed by atoms with E-state index in [1.165, 1.54) is 0 Å². The van der Waals surface area contributed by atoms with Crippen molar-refractivity contribution >= 4 is 27.5 Å². The monoisotopic (exact) mass is 355 g/mol. The number of aromatic nitrogens is 2. The number of hydrogen-bond donors (Lipinski definition) is 1. The van der Waals surface area contributed by atoms with Gasteiger partial charge in [0.25, 0.3) is 0 Å². The minimum atomic E-state index is -0.0642. The third kappa shape index (κ3) is 3.62. The fourth-order valence-corrected chi connectivity index (χ4v) is 2.53. The Morgan fingerprint density at radius 2 is 1.95 bits per heavy atom. The third-order valence-electron chi connectivity index (χ3n) is 3.13. The summed E-state index contributed by atoms with van der Waals surface area (Å²) >= 11 is 3.38. The van der Waals surface area contributed by atoms with Crippen LogP contribution in [0.5, 0.6) is 0 Å². The second kappa shape index (κ2) is 6.58. The van der Waals surface area contributed by atoms with Gasteiger partial charge >= 0.3 is 0 Å². The molecule has 0 spiro atoms. The van der Waals surface area contributed by atoms with Crippen LogP contribution in [0.15, 0.2) is 71.5 Å². The van der Waals surface area contributed by atoms with Crippen molar-refractivity contribution in [2.24, 2.45) is 0 Å². The van der Waals surface area contributed by atoms with Crippen molar-refractivity contribution in [1.82, 2.24) is 9.78 Å². The van der Waals surface area contributed by atoms with Gasteiger partial charge in [0.05, 0.1) is 18.3 Å². The van der Waals surface area contributed by atoms with Crippen molar-refractivity contribution in [2.75, 3.05) is 5.32 Å². The number of carbonyl (C=O) groups excluding carboxylic acids is 1. The van der Waals surface area contributed by atoms with E-state index in [-0.39, 0.29) is 5.91 Å². The van der Waals surface area contributed by atoms with Gasteiger partial charge < -0.3 is 5.32 Å². The molecule has 5 heteroatoms. The first-order valence-electron chi connectivity index (χ1n) is 6.85. The van der Waals surface area contributed by atoms with Crippen molar-refractivity contribution in [1.29, 1.82) is 0 Å². The standard InChI is InChI=1S/C17H14BrN3O/c18-14-5-4-6-15(10-14)20-17(22)9-13-11-19-21(12-13)16-7-2-1-3-8-16/h1-8,10-12H,9H2,(H,20,22). The Labute approximate surface area is 136 Å². The molecule has 0 radical (unpaired) electrons. The number of para-hydroxylation sites is 1. The molecule has 0 aliphatic carbocycles. The van der Waals surface area contributed by atoms with Crippen LogP contribution >= 0.6 is 15.9 Å². The summed E-state index contributed by atoms with van der Waals surface area (Å²) < 4.78 is 2.70. The molecule has 0 aliphatic rings. The maximum Gasteiger partial charge on any atom is 0.228 e. The van der Waals surface area contributed by atoms with E-state index in [0.717, 1.165) is 21.4 Å². The van der Waals surface area contributed by atoms with Crippen LogP contribution in [0.3, 0.4) is 0 Å². The fourth-order valence-electron chi connectivity index (χ4n) is 2.13. The number of halogens is 1. The highest BCUT2D eigenvalue weighted by atomic mass is 79.9. The van der Waals surface area contributed by atoms with Gasteiger partial charge in [0, 0.05) is 16.4 Å². The quantitative estimate of drug-likeness (QED) is 0.773. The molecule has 1 N–H and O–H groups in total. The zero-order valence-electron chi connectivity index (χ0n) is 11.7. The highest BCUT2D eigenvalue weighted by Gasteiger charge is 2.07. The van der Waals surface area contributed by atoms with Crippen LogP contribution in [-0.2, 0) is 11.2 Å². The summed E-state index contributed by atoms with van der Waals surface area (Å²) in [7, 11) is 0. The molecular formula is C17H14BrN3O. The number of nitrogens with one attached hydrogen (secondary N) is 1. The van der Waals surface area contributed by atoms with Crippen molar-refractivity contribution in [3.8, 4) is 5.69 Å². The number of rotatable bonds is 4. The molecule has 4 nitrogen and oxygen atoms in total. The SMILES string of the molecule is O=C(Cc1cnn(-c2ccccc2)c1)Nc1cccc(Br)c1. The van der Waals surface area contributed by atoms with Crippen LogP contribution in [0.2, 0.25) is 0 Å². The first-order valence-corrected chi connectivity index (χ1v) is 7.64. The van der Waals surface area contributed by atoms with Crippen LogP contribution in [0.4, 0.5) is 5.69 Å². The van der Waals surface area contributed by atoms with Gasteiger partial charge in [0.1, 0.15) is 0 Å². The Balaban J connectivity index is 1.66. The van der Waals surface area contributed by atoms with Gasteiger partial charge in [-0.3, -0.25) is 4.79 Å². The molecule has 22 heavy (non-hydrogen) atoms. The van der Waals surface area contributed by atoms with Crippen LogP contribution in [-0.4, -0.2) is 15.7 Å². The topological polar surface area (TPSA) is 46.9 Å². The summed E-state index contributed by atoms with van der Waals surface area (Å²) in [6, 6.07) is 17.3. The lowest BCUT2D eigenvalue weighted by molar-refractivity contribution is -0.115. The Morgan fingerprint density at radius 1 is 1.14 bits per heavy atom. The van der Waals surface area contributed by atoms with Gasteiger partial charge in [-0.25, -0.2) is 4.68 Å². The molecule has 0 atom stereocenters. The van der Waals surface area contributed by atoms with Gasteiger partial charge in [-0.1, -0.05) is 40.2 Å². The first kappa shape index (κ1) is 14.5. The molecule has 0 saturated carbocycles. The lowest BCUT2D eigenvalue weighted by atomic mass is 10.2. The lowest BCUT2D eigenvalue weighted by Crippen LogP contribution is -2.13. The minimum absolute atomic E-state index is 0.0642. The molecule has 1 heterocycles. The molecule has 3 rings (SSSR count). The van der Waals surface area contributed by atoms with Crippen LogP contribution in [0.25, 0.3) is 5.69 Å². The highest BCUT2D eigenvalue weighted by molar-refractivity contribution is 9.10. The van der Waals surface area contributed by atoms with Gasteiger partial charge in [-0.2, -0.15) is 5.10 Å². The summed E-state index contributed by atoms with van der Waals surface area (Å²) in [5, 5.41) is 7.16. The smallest absolute Gasteiger partial charge is 0.228 e. The number of anilines is 1. The van der Waals surface area contributed by atoms with E-state index in [9.17, 15) is 4.79 Å². The molecule has 0 fully saturated rings. The Morgan fingerprint density at radius 3 is 2.73 bits per heavy atom. The number of amides is 1. The molecule has 1 aromatic heterocycles. The predicted octanol–water partition coefficient (Wildman–Crippen LogP) is 3.82. The van der Waals surface area contributed by atoms with E-state index in [2.05, 4.69) is 26.3 Å². The van der Waals surface area contributed by atoms with E-state index in [4.69, 9.17) is 0 Å². The Bertz CT molecular complexity index is 783. The molecule has 0 saturated heterocycles. The maximum atomic E-state index is 12.1. The molecule has 1 amide bonds. The van der Waals surface area contributed by atoms with E-state index in [1.54, 1.807) is 10.9 Å². The largest absolute Gasteiger partial charge is 0.326 e. The minimum Gasteiger partial charge on any atom is -0.326 e. The highest BCUT2D eigenvalue weighted by Crippen LogP contribution is 2.16. The number of carbonyl (C=O) groups is 1. The van der Waals surface area contributed by atoms with Crippen molar-refractivity contribution < 1.29 is 4.79 Å². The predicted molar refractivity (Wildman–Crippen MR) is 90.0 cm³/mol. The second-order valence-electron chi connectivity index (χ2n) is 4.86. The Hall–Kier alpha value is -2.40. The third-order valence-corrected chi connectivity index (χ3v) is 3.62. The van der Waals surface area contributed by atoms with E-state index >= 15 is 0 Å². The van der Waals surface area contributed by atoms with Crippen molar-refractivity contribution in [3.05, 3.63) is 77.0 Å². The van der Waals surface area contributed by atoms with Crippen LogP contribution < -0.4 is 5.32 Å². The second-order valence-corrected chi connectivity index (χ2v) is 5.78. The van der Waals surface area contributed by atoms with Gasteiger partial charge in [0.15, 0.2) is 0 Å². The van der Waals surface area contributed by atoms with Gasteiger partial charge in [-0.15, -0.1) is 0 Å². The molecule has 0 bridgehead atoms. The molecule has 0 unspecified atom stereocenters. The van der Waals surface area contributed by atoms with Crippen LogP contribution in [0, 0.1) is 0 Å². The maximum absolute atomic E-state index is 12.1. The zero-order chi connectivity index (χ0) is 15.4. The lowest BCUT2D eigenvalue weighted by Gasteiger charge is -2.04. The molecule has 0 aliphatic heterocycles. The molecule has 110 valence electrons. The average molecular weight is 356 g/mol. The van der Waals surface area contributed by atoms with E-state index in [1.807, 2.05) is 60.8 Å². The van der Waals surface area contributed by atoms with Gasteiger partial charge in [-0.05, 0) is 35.9 Å². The molecule has 3 aromatic rings. The summed E-state index contributed by atoms with van der Waals surface area (Å²) in [6.45, 7) is 0. The summed E-state index contributed by atoms with van der Waals surface area (Å²) in [6.07, 6.45) is 3.88. The summed E-state index contributed by atoms with van der Waals surface area (Å²) in [4.78, 5) is 12.1. The molecule has 2 aromatic carbocycles. The Kier molecular flexibility index (Phi) is 4.34. The summed E-state index contributed by atoms with van der Waals surface area (Å²) in [5.41, 5.74) is 2.62. The first-order chi connectivity index (χ1) is 10.7. The van der Waals surface area contributed by atoms with Crippen molar-refractivity contribution in [2.45, 2.75) is 6.42 Å². The number of nitrogens with zero attached hydrogens (tertiary/aromatic N) is 2. The van der Waals surface area contributed by atoms with E-state index < -0.39 is 0 Å². The zero-order valence-corrected chi connectivity index (χ0v) is 13.3. The number of hydrogen-bond acceptors (Lipinski definition) is 2. The fraction of sp³-hybridized carbons (Fsp3) is 0.0588.